The molecule has 0 spiro atoms. The molecule has 0 aromatic rings. The largest absolute Gasteiger partial charge is 0.394 e. The predicted molar refractivity (Wildman–Crippen MR) is 384 cm³/mol. The van der Waals surface area contributed by atoms with Crippen LogP contribution in [0.25, 0.3) is 0 Å². The van der Waals surface area contributed by atoms with E-state index in [4.69, 9.17) is 71.1 Å². The summed E-state index contributed by atoms with van der Waals surface area (Å²) in [5, 5.41) is 112. The molecular formula is C70H128N8O32. The minimum absolute atomic E-state index is 0.00808. The normalized spacial score (nSPS) is 24.7. The van der Waals surface area contributed by atoms with Gasteiger partial charge in [-0.05, 0) is 56.8 Å². The fourth-order valence-corrected chi connectivity index (χ4v) is 11.3. The van der Waals surface area contributed by atoms with E-state index in [1.54, 1.807) is 0 Å². The Bertz CT molecular complexity index is 2540. The maximum atomic E-state index is 14.2. The van der Waals surface area contributed by atoms with Crippen molar-refractivity contribution in [3.8, 4) is 0 Å². The highest BCUT2D eigenvalue weighted by Gasteiger charge is 2.48. The molecule has 1 unspecified atom stereocenters. The first-order chi connectivity index (χ1) is 52.7. The highest BCUT2D eigenvalue weighted by Crippen LogP contribution is 2.26. The van der Waals surface area contributed by atoms with Gasteiger partial charge in [-0.3, -0.25) is 38.4 Å². The number of hydrogen-bond donors (Lipinski definition) is 17. The van der Waals surface area contributed by atoms with Crippen LogP contribution in [0.1, 0.15) is 112 Å². The molecule has 110 heavy (non-hydrogen) atoms. The third-order valence-corrected chi connectivity index (χ3v) is 17.1. The molecule has 3 aliphatic heterocycles. The van der Waals surface area contributed by atoms with Crippen molar-refractivity contribution in [2.45, 2.75) is 216 Å². The first kappa shape index (κ1) is 99.0. The smallest absolute Gasteiger partial charge is 0.246 e. The van der Waals surface area contributed by atoms with Crippen molar-refractivity contribution < 1.29 is 155 Å². The lowest BCUT2D eigenvalue weighted by Gasteiger charge is -2.42. The minimum atomic E-state index is -1.47. The van der Waals surface area contributed by atoms with Crippen LogP contribution in [0.15, 0.2) is 0 Å². The zero-order valence-electron chi connectivity index (χ0n) is 64.6. The lowest BCUT2D eigenvalue weighted by molar-refractivity contribution is -0.272. The van der Waals surface area contributed by atoms with E-state index in [0.717, 1.165) is 25.7 Å². The lowest BCUT2D eigenvalue weighted by Crippen LogP contribution is -2.64. The SMILES string of the molecule is CC(=O)N[C@H]1[C@H](OCCOCCOCCOCC(=O)NCCCCC(NC(=O)[C@H](CCCCNC(=O)COCCOCCOCCO[C@@H]2O[C@H](CO)[C@H](O)[C@H](O)[C@H]2NC(C)=O)NC(=O)COCCOCCOCCO[C@@H]2O[C@H](CO)[C@H](O)[C@H](O)[C@H]2NC(C)=O)C(=O)NCCCCCCC(C)(C)C)O[C@H](CO)[C@H](O)[C@@H]1O. The van der Waals surface area contributed by atoms with Crippen LogP contribution < -0.4 is 42.5 Å². The average Bonchev–Trinajstić information content (AvgIpc) is 0.821. The van der Waals surface area contributed by atoms with Crippen molar-refractivity contribution in [2.24, 2.45) is 5.41 Å². The number of aliphatic hydroxyl groups excluding tert-OH is 9. The molecule has 0 bridgehead atoms. The summed E-state index contributed by atoms with van der Waals surface area (Å²) >= 11 is 0. The predicted octanol–water partition coefficient (Wildman–Crippen LogP) is -6.33. The van der Waals surface area contributed by atoms with Crippen molar-refractivity contribution in [3.63, 3.8) is 0 Å². The summed E-state index contributed by atoms with van der Waals surface area (Å²) < 4.78 is 83.1. The van der Waals surface area contributed by atoms with E-state index >= 15 is 0 Å². The minimum Gasteiger partial charge on any atom is -0.394 e. The van der Waals surface area contributed by atoms with Gasteiger partial charge in [0, 0.05) is 40.4 Å². The average molecular weight is 1590 g/mol. The summed E-state index contributed by atoms with van der Waals surface area (Å²) in [6.07, 6.45) is -9.08. The zero-order chi connectivity index (χ0) is 81.1. The molecule has 640 valence electrons. The van der Waals surface area contributed by atoms with Gasteiger partial charge in [0.05, 0.1) is 139 Å². The first-order valence-corrected chi connectivity index (χ1v) is 37.9. The molecule has 40 nitrogen and oxygen atoms in total. The molecule has 40 heteroatoms. The quantitative estimate of drug-likeness (QED) is 0.0252. The van der Waals surface area contributed by atoms with Crippen LogP contribution in [0, 0.1) is 5.41 Å². The first-order valence-electron chi connectivity index (χ1n) is 37.9. The molecule has 17 atom stereocenters. The maximum Gasteiger partial charge on any atom is 0.246 e. The van der Waals surface area contributed by atoms with Crippen LogP contribution in [-0.2, 0) is 109 Å². The molecule has 0 aromatic carbocycles. The molecule has 0 aliphatic carbocycles. The van der Waals surface area contributed by atoms with Crippen LogP contribution in [0.5, 0.6) is 0 Å². The van der Waals surface area contributed by atoms with Crippen molar-refractivity contribution in [1.82, 2.24) is 42.5 Å². The molecule has 17 N–H and O–H groups in total. The molecule has 3 rings (SSSR count). The number of ether oxygens (including phenoxy) is 15. The third kappa shape index (κ3) is 42.8. The molecule has 0 saturated carbocycles. The third-order valence-electron chi connectivity index (χ3n) is 17.1. The Hall–Kier alpha value is -5.20. The maximum absolute atomic E-state index is 14.2. The number of carbonyl (C=O) groups is 8. The number of aliphatic hydroxyl groups is 9. The molecule has 0 aromatic heterocycles. The monoisotopic (exact) mass is 1590 g/mol. The van der Waals surface area contributed by atoms with E-state index < -0.39 is 172 Å². The fraction of sp³-hybridized carbons (Fsp3) is 0.886. The van der Waals surface area contributed by atoms with Gasteiger partial charge in [-0.25, -0.2) is 0 Å². The topological polar surface area (TPSA) is 553 Å². The van der Waals surface area contributed by atoms with Crippen molar-refractivity contribution >= 4 is 47.3 Å². The summed E-state index contributed by atoms with van der Waals surface area (Å²) in [4.78, 5) is 102. The second kappa shape index (κ2) is 58.6. The number of rotatable bonds is 62. The molecule has 0 radical (unpaired) electrons. The zero-order valence-corrected chi connectivity index (χ0v) is 64.6. The van der Waals surface area contributed by atoms with E-state index in [-0.39, 0.29) is 169 Å². The summed E-state index contributed by atoms with van der Waals surface area (Å²) in [6.45, 7) is 9.92. The number of carbonyl (C=O) groups excluding carboxylic acids is 8. The van der Waals surface area contributed by atoms with Gasteiger partial charge in [0.15, 0.2) is 18.9 Å². The number of unbranched alkanes of at least 4 members (excludes halogenated alkanes) is 5. The van der Waals surface area contributed by atoms with Gasteiger partial charge >= 0.3 is 0 Å². The Labute approximate surface area is 642 Å². The standard InChI is InChI=1S/C70H128N8O32/c1-45(82)74-56-62(91)59(88)50(39-79)108-67(56)105-36-33-99-24-21-96-27-30-102-42-53(85)71-18-13-9-15-48(65(94)73-20-12-8-7-11-17-70(4,5)6)78-66(95)49(77-55(87)44-104-32-29-98-23-26-101-35-38-107-69-58(76-47(3)84)64(93)61(90)52(41-81)110-69)16-10-14-19-72-54(86)43-103-31-28-97-22-25-100-34-37-106-68-57(75-46(2)83)63(92)60(89)51(40-80)109-68/h48-52,56-64,67-69,79-81,88-93H,7-44H2,1-6H3,(H,71,85)(H,72,86)(H,73,94)(H,74,82)(H,75,83)(H,76,84)(H,77,87)(H,78,95)/t48?,49-,50+,51+,52+,56+,57+,58+,59-,60-,61-,62+,63+,64+,67+,68+,69+/m0/s1. The highest BCUT2D eigenvalue weighted by molar-refractivity contribution is 5.92. The van der Waals surface area contributed by atoms with Crippen LogP contribution in [0.2, 0.25) is 0 Å². The summed E-state index contributed by atoms with van der Waals surface area (Å²) in [6, 6.07) is -5.44. The Morgan fingerprint density at radius 2 is 0.636 bits per heavy atom. The van der Waals surface area contributed by atoms with Gasteiger partial charge in [-0.1, -0.05) is 40.0 Å². The van der Waals surface area contributed by atoms with Crippen LogP contribution >= 0.6 is 0 Å². The van der Waals surface area contributed by atoms with Crippen molar-refractivity contribution in [1.29, 1.82) is 0 Å². The molecule has 3 aliphatic rings. The molecule has 3 saturated heterocycles. The van der Waals surface area contributed by atoms with Gasteiger partial charge in [0.25, 0.3) is 0 Å². The fourth-order valence-electron chi connectivity index (χ4n) is 11.3. The Balaban J connectivity index is 1.48. The summed E-state index contributed by atoms with van der Waals surface area (Å²) in [5.74, 6) is -3.96. The van der Waals surface area contributed by atoms with Crippen LogP contribution in [-0.4, -0.2) is 375 Å². The van der Waals surface area contributed by atoms with E-state index in [9.17, 15) is 84.3 Å². The second-order valence-electron chi connectivity index (χ2n) is 27.6. The van der Waals surface area contributed by atoms with Gasteiger partial charge in [-0.15, -0.1) is 0 Å². The molecule has 3 heterocycles. The van der Waals surface area contributed by atoms with E-state index in [1.165, 1.54) is 20.8 Å². The van der Waals surface area contributed by atoms with Gasteiger partial charge in [0.2, 0.25) is 47.3 Å². The summed E-state index contributed by atoms with van der Waals surface area (Å²) in [5.41, 5.74) is 0.200. The summed E-state index contributed by atoms with van der Waals surface area (Å²) in [7, 11) is 0. The van der Waals surface area contributed by atoms with E-state index in [2.05, 4.69) is 63.3 Å². The highest BCUT2D eigenvalue weighted by atomic mass is 16.7. The Morgan fingerprint density at radius 3 is 0.964 bits per heavy atom. The lowest BCUT2D eigenvalue weighted by atomic mass is 9.89. The Morgan fingerprint density at radius 1 is 0.345 bits per heavy atom. The van der Waals surface area contributed by atoms with Gasteiger partial charge in [0.1, 0.15) is 105 Å². The van der Waals surface area contributed by atoms with Crippen LogP contribution in [0.4, 0.5) is 0 Å². The van der Waals surface area contributed by atoms with Crippen molar-refractivity contribution in [2.75, 3.05) is 178 Å². The van der Waals surface area contributed by atoms with Crippen LogP contribution in [0.3, 0.4) is 0 Å². The molecule has 3 fully saturated rings. The second-order valence-corrected chi connectivity index (χ2v) is 27.6. The van der Waals surface area contributed by atoms with Gasteiger partial charge < -0.3 is 160 Å². The molecular weight excluding hydrogens is 1460 g/mol. The van der Waals surface area contributed by atoms with Gasteiger partial charge in [-0.2, -0.15) is 0 Å². The Kier molecular flexibility index (Phi) is 52.8. The van der Waals surface area contributed by atoms with Crippen molar-refractivity contribution in [3.05, 3.63) is 0 Å². The van der Waals surface area contributed by atoms with E-state index in [1.807, 2.05) is 0 Å². The van der Waals surface area contributed by atoms with E-state index in [0.29, 0.717) is 38.6 Å². The molecule has 8 amide bonds. The number of nitrogens with one attached hydrogen (secondary N) is 8. The number of amides is 8. The number of hydrogen-bond acceptors (Lipinski definition) is 32.